The van der Waals surface area contributed by atoms with Crippen LogP contribution in [0.25, 0.3) is 0 Å². The quantitative estimate of drug-likeness (QED) is 0.184. The Balaban J connectivity index is 0.00000289. The van der Waals surface area contributed by atoms with Crippen LogP contribution in [0.5, 0.6) is 0 Å². The van der Waals surface area contributed by atoms with E-state index in [1.54, 1.807) is 38.2 Å². The van der Waals surface area contributed by atoms with Crippen LogP contribution in [0.3, 0.4) is 0 Å². The average molecular weight is 551 g/mol. The summed E-state index contributed by atoms with van der Waals surface area (Å²) in [5.74, 6) is 0.680. The molecule has 4 rings (SSSR count). The summed E-state index contributed by atoms with van der Waals surface area (Å²) < 4.78 is 0. The minimum atomic E-state index is -0.151. The molecule has 4 unspecified atom stereocenters. The highest BCUT2D eigenvalue weighted by atomic mass is 127. The monoisotopic (exact) mass is 551 g/mol. The van der Waals surface area contributed by atoms with Crippen LogP contribution in [0, 0.1) is 23.7 Å². The van der Waals surface area contributed by atoms with Gasteiger partial charge in [-0.15, -0.1) is 24.0 Å². The lowest BCUT2D eigenvalue weighted by Crippen LogP contribution is -2.43. The summed E-state index contributed by atoms with van der Waals surface area (Å²) >= 11 is 0. The Morgan fingerprint density at radius 1 is 1.06 bits per heavy atom. The van der Waals surface area contributed by atoms with Crippen LogP contribution in [0.1, 0.15) is 22.3 Å². The van der Waals surface area contributed by atoms with Crippen molar-refractivity contribution < 1.29 is 14.4 Å². The Morgan fingerprint density at radius 3 is 2.19 bits per heavy atom. The molecule has 2 fully saturated rings. The molecule has 8 nitrogen and oxygen atoms in total. The van der Waals surface area contributed by atoms with Gasteiger partial charge in [-0.05, 0) is 36.0 Å². The lowest BCUT2D eigenvalue weighted by molar-refractivity contribution is -0.140. The third kappa shape index (κ3) is 4.53. The SMILES string of the molecule is CN=C(NCCN1C(=O)C2C3C=CC(C3)C2C1=O)NCc1ccc(C(=O)N(C)C)cc1.I. The largest absolute Gasteiger partial charge is 0.355 e. The molecule has 172 valence electrons. The van der Waals surface area contributed by atoms with E-state index < -0.39 is 0 Å². The molecule has 3 amide bonds. The number of nitrogens with zero attached hydrogens (tertiary/aromatic N) is 3. The number of imide groups is 1. The highest BCUT2D eigenvalue weighted by Gasteiger charge is 2.58. The molecule has 0 spiro atoms. The summed E-state index contributed by atoms with van der Waals surface area (Å²) in [6.07, 6.45) is 5.15. The van der Waals surface area contributed by atoms with E-state index in [0.717, 1.165) is 12.0 Å². The number of halogens is 1. The number of aliphatic imine (C=N–C) groups is 1. The normalized spacial score (nSPS) is 25.6. The lowest BCUT2D eigenvalue weighted by Gasteiger charge is -2.18. The van der Waals surface area contributed by atoms with Crippen LogP contribution in [0.2, 0.25) is 0 Å². The fourth-order valence-corrected chi connectivity index (χ4v) is 4.90. The van der Waals surface area contributed by atoms with Crippen LogP contribution in [-0.2, 0) is 16.1 Å². The van der Waals surface area contributed by atoms with E-state index in [1.807, 2.05) is 12.1 Å². The number of carbonyl (C=O) groups is 3. The molecule has 2 aliphatic carbocycles. The molecule has 32 heavy (non-hydrogen) atoms. The highest BCUT2D eigenvalue weighted by Crippen LogP contribution is 2.52. The summed E-state index contributed by atoms with van der Waals surface area (Å²) in [5.41, 5.74) is 1.66. The Kier molecular flexibility index (Phi) is 7.58. The van der Waals surface area contributed by atoms with Crippen molar-refractivity contribution >= 4 is 47.7 Å². The molecule has 0 aromatic heterocycles. The van der Waals surface area contributed by atoms with Gasteiger partial charge in [-0.2, -0.15) is 0 Å². The van der Waals surface area contributed by atoms with E-state index in [2.05, 4.69) is 27.8 Å². The number of likely N-dealkylation sites (tertiary alicyclic amines) is 1. The zero-order chi connectivity index (χ0) is 22.1. The second-order valence-electron chi connectivity index (χ2n) is 8.58. The van der Waals surface area contributed by atoms with Crippen molar-refractivity contribution in [3.8, 4) is 0 Å². The summed E-state index contributed by atoms with van der Waals surface area (Å²) in [5, 5.41) is 6.39. The van der Waals surface area contributed by atoms with E-state index in [-0.39, 0.29) is 65.4 Å². The number of amides is 3. The zero-order valence-electron chi connectivity index (χ0n) is 18.6. The maximum atomic E-state index is 12.7. The molecular weight excluding hydrogens is 521 g/mol. The second kappa shape index (κ2) is 10.0. The van der Waals surface area contributed by atoms with E-state index in [4.69, 9.17) is 0 Å². The molecule has 0 radical (unpaired) electrons. The lowest BCUT2D eigenvalue weighted by atomic mass is 9.85. The van der Waals surface area contributed by atoms with E-state index >= 15 is 0 Å². The Labute approximate surface area is 205 Å². The van der Waals surface area contributed by atoms with Crippen LogP contribution >= 0.6 is 24.0 Å². The van der Waals surface area contributed by atoms with Crippen molar-refractivity contribution in [3.05, 3.63) is 47.5 Å². The van der Waals surface area contributed by atoms with Gasteiger partial charge in [0.15, 0.2) is 5.96 Å². The zero-order valence-corrected chi connectivity index (χ0v) is 20.9. The number of nitrogens with one attached hydrogen (secondary N) is 2. The fourth-order valence-electron chi connectivity index (χ4n) is 4.90. The van der Waals surface area contributed by atoms with Crippen LogP contribution in [0.4, 0.5) is 0 Å². The second-order valence-corrected chi connectivity index (χ2v) is 8.58. The first kappa shape index (κ1) is 24.2. The molecule has 1 heterocycles. The molecule has 1 aromatic rings. The number of hydrogen-bond acceptors (Lipinski definition) is 4. The standard InChI is InChI=1S/C23H29N5O3.HI/c1-24-23(26-13-14-4-6-15(7-5-14)20(29)27(2)3)25-10-11-28-21(30)18-16-8-9-17(12-16)19(18)22(28)31;/h4-9,16-19H,10-13H2,1-3H3,(H2,24,25,26);1H. The third-order valence-corrected chi connectivity index (χ3v) is 6.48. The average Bonchev–Trinajstić information content (AvgIpc) is 3.45. The number of guanidine groups is 1. The van der Waals surface area contributed by atoms with Gasteiger partial charge in [0.1, 0.15) is 0 Å². The molecule has 3 aliphatic rings. The summed E-state index contributed by atoms with van der Waals surface area (Å²) in [7, 11) is 5.13. The van der Waals surface area contributed by atoms with Crippen molar-refractivity contribution in [2.75, 3.05) is 34.2 Å². The molecule has 1 aliphatic heterocycles. The Morgan fingerprint density at radius 2 is 1.66 bits per heavy atom. The predicted molar refractivity (Wildman–Crippen MR) is 133 cm³/mol. The third-order valence-electron chi connectivity index (χ3n) is 6.48. The molecule has 1 saturated heterocycles. The molecule has 2 bridgehead atoms. The van der Waals surface area contributed by atoms with Crippen LogP contribution in [-0.4, -0.2) is 67.7 Å². The maximum absolute atomic E-state index is 12.7. The number of allylic oxidation sites excluding steroid dienone is 2. The van der Waals surface area contributed by atoms with Gasteiger partial charge < -0.3 is 15.5 Å². The fraction of sp³-hybridized carbons (Fsp3) is 0.478. The van der Waals surface area contributed by atoms with Gasteiger partial charge in [-0.25, -0.2) is 0 Å². The summed E-state index contributed by atoms with van der Waals surface area (Å²) in [6, 6.07) is 7.41. The van der Waals surface area contributed by atoms with Gasteiger partial charge in [0.05, 0.1) is 11.8 Å². The van der Waals surface area contributed by atoms with E-state index in [0.29, 0.717) is 31.2 Å². The molecule has 4 atom stereocenters. The van der Waals surface area contributed by atoms with Crippen molar-refractivity contribution in [1.29, 1.82) is 0 Å². The smallest absolute Gasteiger partial charge is 0.253 e. The number of rotatable bonds is 6. The number of hydrogen-bond donors (Lipinski definition) is 2. The molecular formula is C23H30IN5O3. The molecule has 2 N–H and O–H groups in total. The maximum Gasteiger partial charge on any atom is 0.253 e. The first-order valence-corrected chi connectivity index (χ1v) is 10.7. The highest BCUT2D eigenvalue weighted by molar-refractivity contribution is 14.0. The Hall–Kier alpha value is -2.43. The van der Waals surface area contributed by atoms with Gasteiger partial charge in [0, 0.05) is 46.3 Å². The van der Waals surface area contributed by atoms with Gasteiger partial charge in [0.25, 0.3) is 5.91 Å². The topological polar surface area (TPSA) is 94.1 Å². The summed E-state index contributed by atoms with van der Waals surface area (Å²) in [6.45, 7) is 1.32. The molecule has 1 aromatic carbocycles. The van der Waals surface area contributed by atoms with Crippen molar-refractivity contribution in [3.63, 3.8) is 0 Å². The predicted octanol–water partition coefficient (Wildman–Crippen LogP) is 1.48. The van der Waals surface area contributed by atoms with Gasteiger partial charge in [-0.3, -0.25) is 24.3 Å². The molecule has 9 heteroatoms. The first-order valence-electron chi connectivity index (χ1n) is 10.7. The summed E-state index contributed by atoms with van der Waals surface area (Å²) in [4.78, 5) is 44.6. The van der Waals surface area contributed by atoms with Gasteiger partial charge >= 0.3 is 0 Å². The minimum Gasteiger partial charge on any atom is -0.355 e. The van der Waals surface area contributed by atoms with Crippen molar-refractivity contribution in [1.82, 2.24) is 20.4 Å². The van der Waals surface area contributed by atoms with Gasteiger partial charge in [-0.1, -0.05) is 24.3 Å². The van der Waals surface area contributed by atoms with Crippen LogP contribution < -0.4 is 10.6 Å². The minimum absolute atomic E-state index is 0. The van der Waals surface area contributed by atoms with E-state index in [1.165, 1.54) is 4.90 Å². The van der Waals surface area contributed by atoms with Crippen molar-refractivity contribution in [2.24, 2.45) is 28.7 Å². The molecule has 1 saturated carbocycles. The Bertz CT molecular complexity index is 913. The van der Waals surface area contributed by atoms with Gasteiger partial charge in [0.2, 0.25) is 11.8 Å². The van der Waals surface area contributed by atoms with Crippen molar-refractivity contribution in [2.45, 2.75) is 13.0 Å². The number of carbonyl (C=O) groups excluding carboxylic acids is 3. The van der Waals surface area contributed by atoms with E-state index in [9.17, 15) is 14.4 Å². The first-order chi connectivity index (χ1) is 14.9. The van der Waals surface area contributed by atoms with Crippen LogP contribution in [0.15, 0.2) is 41.4 Å². The number of fused-ring (bicyclic) bond motifs is 5. The number of benzene rings is 1.